The van der Waals surface area contributed by atoms with E-state index in [1.54, 1.807) is 36.1 Å². The molecule has 0 heterocycles. The number of halogens is 4. The van der Waals surface area contributed by atoms with Crippen LogP contribution < -0.4 is 0 Å². The number of nitrogens with zero attached hydrogens (tertiary/aromatic N) is 1. The molecule has 1 amide bonds. The van der Waals surface area contributed by atoms with Crippen LogP contribution in [0, 0.1) is 17.0 Å². The van der Waals surface area contributed by atoms with Gasteiger partial charge in [0, 0.05) is 13.1 Å². The third kappa shape index (κ3) is 3.80. The zero-order chi connectivity index (χ0) is 18.2. The van der Waals surface area contributed by atoms with Crippen LogP contribution in [0.5, 0.6) is 0 Å². The van der Waals surface area contributed by atoms with Crippen LogP contribution in [-0.4, -0.2) is 15.1 Å². The van der Waals surface area contributed by atoms with Crippen molar-refractivity contribution in [2.75, 3.05) is 0 Å². The van der Waals surface area contributed by atoms with Crippen molar-refractivity contribution in [2.45, 2.75) is 30.8 Å². The first-order valence-corrected chi connectivity index (χ1v) is 8.63. The van der Waals surface area contributed by atoms with E-state index in [1.807, 2.05) is 0 Å². The molecule has 0 aromatic heterocycles. The van der Waals surface area contributed by atoms with E-state index in [-0.39, 0.29) is 30.6 Å². The van der Waals surface area contributed by atoms with Gasteiger partial charge in [0.1, 0.15) is 16.0 Å². The Labute approximate surface area is 155 Å². The van der Waals surface area contributed by atoms with Gasteiger partial charge >= 0.3 is 0 Å². The maximum atomic E-state index is 13.1. The molecule has 1 saturated carbocycles. The predicted octanol–water partition coefficient (Wildman–Crippen LogP) is 5.08. The van der Waals surface area contributed by atoms with Crippen molar-refractivity contribution in [3.63, 3.8) is 0 Å². The third-order valence-electron chi connectivity index (χ3n) is 4.59. The summed E-state index contributed by atoms with van der Waals surface area (Å²) < 4.78 is 25.2. The smallest absolute Gasteiger partial charge is 0.232 e. The molecular formula is C19H17Cl2F2NO. The first-order valence-electron chi connectivity index (χ1n) is 7.87. The van der Waals surface area contributed by atoms with Crippen molar-refractivity contribution in [3.8, 4) is 0 Å². The molecule has 0 N–H and O–H groups in total. The fourth-order valence-corrected chi connectivity index (χ4v) is 3.50. The molecule has 2 aromatic rings. The summed E-state index contributed by atoms with van der Waals surface area (Å²) in [5.74, 6) is -0.851. The highest BCUT2D eigenvalue weighted by atomic mass is 35.5. The first kappa shape index (κ1) is 18.2. The van der Waals surface area contributed by atoms with Crippen LogP contribution in [0.1, 0.15) is 24.5 Å². The predicted molar refractivity (Wildman–Crippen MR) is 94.2 cm³/mol. The number of carbonyl (C=O) groups excluding carboxylic acids is 1. The van der Waals surface area contributed by atoms with Crippen LogP contribution in [0.2, 0.25) is 0 Å². The minimum absolute atomic E-state index is 0.175. The molecular weight excluding hydrogens is 367 g/mol. The van der Waals surface area contributed by atoms with Crippen molar-refractivity contribution in [3.05, 3.63) is 71.3 Å². The fourth-order valence-electron chi connectivity index (χ4n) is 2.80. The molecule has 0 saturated heterocycles. The molecule has 1 unspecified atom stereocenters. The standard InChI is InChI=1S/C19H17Cl2F2NO/c1-18(12-19(18,20)21)17(25)24(10-13-2-6-15(22)7-3-13)11-14-4-8-16(23)9-5-14/h2-9H,10-12H2,1H3. The number of rotatable bonds is 5. The Morgan fingerprint density at radius 3 is 1.64 bits per heavy atom. The van der Waals surface area contributed by atoms with Crippen LogP contribution in [0.3, 0.4) is 0 Å². The molecule has 2 nitrogen and oxygen atoms in total. The summed E-state index contributed by atoms with van der Waals surface area (Å²) in [5, 5.41) is 0. The Kier molecular flexibility index (Phi) is 4.78. The van der Waals surface area contributed by atoms with Crippen molar-refractivity contribution in [2.24, 2.45) is 5.41 Å². The average molecular weight is 384 g/mol. The summed E-state index contributed by atoms with van der Waals surface area (Å²) >= 11 is 12.3. The molecule has 0 radical (unpaired) electrons. The Hall–Kier alpha value is -1.65. The van der Waals surface area contributed by atoms with Crippen molar-refractivity contribution < 1.29 is 13.6 Å². The monoisotopic (exact) mass is 383 g/mol. The summed E-state index contributed by atoms with van der Waals surface area (Å²) in [7, 11) is 0. The largest absolute Gasteiger partial charge is 0.333 e. The fraction of sp³-hybridized carbons (Fsp3) is 0.316. The van der Waals surface area contributed by atoms with Crippen LogP contribution in [0.15, 0.2) is 48.5 Å². The zero-order valence-corrected chi connectivity index (χ0v) is 15.1. The Balaban J connectivity index is 1.84. The van der Waals surface area contributed by atoms with Gasteiger partial charge in [-0.25, -0.2) is 8.78 Å². The molecule has 132 valence electrons. The van der Waals surface area contributed by atoms with Crippen molar-refractivity contribution >= 4 is 29.1 Å². The van der Waals surface area contributed by atoms with E-state index in [2.05, 4.69) is 0 Å². The molecule has 1 atom stereocenters. The second-order valence-corrected chi connectivity index (χ2v) is 8.11. The summed E-state index contributed by atoms with van der Waals surface area (Å²) in [5.41, 5.74) is 0.725. The van der Waals surface area contributed by atoms with Gasteiger partial charge in [0.25, 0.3) is 0 Å². The SMILES string of the molecule is CC1(C(=O)N(Cc2ccc(F)cc2)Cc2ccc(F)cc2)CC1(Cl)Cl. The van der Waals surface area contributed by atoms with Crippen LogP contribution >= 0.6 is 23.2 Å². The lowest BCUT2D eigenvalue weighted by Crippen LogP contribution is -2.37. The van der Waals surface area contributed by atoms with Crippen molar-refractivity contribution in [1.29, 1.82) is 0 Å². The summed E-state index contributed by atoms with van der Waals surface area (Å²) in [6.45, 7) is 2.31. The summed E-state index contributed by atoms with van der Waals surface area (Å²) in [6, 6.07) is 11.9. The van der Waals surface area contributed by atoms with Gasteiger partial charge in [0.2, 0.25) is 5.91 Å². The highest BCUT2D eigenvalue weighted by Crippen LogP contribution is 2.64. The minimum atomic E-state index is -1.08. The minimum Gasteiger partial charge on any atom is -0.333 e. The molecule has 0 bridgehead atoms. The quantitative estimate of drug-likeness (QED) is 0.659. The molecule has 25 heavy (non-hydrogen) atoms. The number of hydrogen-bond donors (Lipinski definition) is 0. The topological polar surface area (TPSA) is 20.3 Å². The number of hydrogen-bond acceptors (Lipinski definition) is 1. The average Bonchev–Trinajstić information content (AvgIpc) is 3.09. The zero-order valence-electron chi connectivity index (χ0n) is 13.6. The van der Waals surface area contributed by atoms with Gasteiger partial charge < -0.3 is 4.90 Å². The van der Waals surface area contributed by atoms with Crippen LogP contribution in [-0.2, 0) is 17.9 Å². The molecule has 2 aromatic carbocycles. The van der Waals surface area contributed by atoms with E-state index in [4.69, 9.17) is 23.2 Å². The highest BCUT2D eigenvalue weighted by molar-refractivity contribution is 6.53. The molecule has 3 rings (SSSR count). The van der Waals surface area contributed by atoms with E-state index in [1.165, 1.54) is 24.3 Å². The highest BCUT2D eigenvalue weighted by Gasteiger charge is 2.68. The molecule has 1 aliphatic carbocycles. The summed E-state index contributed by atoms with van der Waals surface area (Å²) in [6.07, 6.45) is 0.380. The first-order chi connectivity index (χ1) is 11.7. The van der Waals surface area contributed by atoms with Gasteiger partial charge in [-0.05, 0) is 48.7 Å². The summed E-state index contributed by atoms with van der Waals surface area (Å²) in [4.78, 5) is 14.6. The maximum Gasteiger partial charge on any atom is 0.232 e. The van der Waals surface area contributed by atoms with Crippen molar-refractivity contribution in [1.82, 2.24) is 4.90 Å². The van der Waals surface area contributed by atoms with Gasteiger partial charge in [-0.1, -0.05) is 24.3 Å². The molecule has 0 spiro atoms. The number of amides is 1. The van der Waals surface area contributed by atoms with Crippen LogP contribution in [0.4, 0.5) is 8.78 Å². The lowest BCUT2D eigenvalue weighted by Gasteiger charge is -2.27. The number of benzene rings is 2. The van der Waals surface area contributed by atoms with Gasteiger partial charge in [-0.2, -0.15) is 0 Å². The normalized spacial score (nSPS) is 21.0. The van der Waals surface area contributed by atoms with E-state index in [0.717, 1.165) is 11.1 Å². The van der Waals surface area contributed by atoms with E-state index < -0.39 is 9.75 Å². The molecule has 6 heteroatoms. The van der Waals surface area contributed by atoms with Gasteiger partial charge in [0.05, 0.1) is 5.41 Å². The Bertz CT molecular complexity index is 730. The molecule has 0 aliphatic heterocycles. The maximum absolute atomic E-state index is 13.1. The van der Waals surface area contributed by atoms with E-state index >= 15 is 0 Å². The van der Waals surface area contributed by atoms with Crippen LogP contribution in [0.25, 0.3) is 0 Å². The lowest BCUT2D eigenvalue weighted by molar-refractivity contribution is -0.137. The third-order valence-corrected chi connectivity index (χ3v) is 5.69. The van der Waals surface area contributed by atoms with E-state index in [0.29, 0.717) is 6.42 Å². The van der Waals surface area contributed by atoms with Gasteiger partial charge in [0.15, 0.2) is 0 Å². The molecule has 1 aliphatic rings. The Morgan fingerprint density at radius 1 is 0.960 bits per heavy atom. The lowest BCUT2D eigenvalue weighted by atomic mass is 10.1. The van der Waals surface area contributed by atoms with E-state index in [9.17, 15) is 13.6 Å². The van der Waals surface area contributed by atoms with Gasteiger partial charge in [-0.15, -0.1) is 23.2 Å². The Morgan fingerprint density at radius 2 is 1.32 bits per heavy atom. The number of carbonyl (C=O) groups is 1. The molecule has 1 fully saturated rings. The number of alkyl halides is 2. The van der Waals surface area contributed by atoms with Gasteiger partial charge in [-0.3, -0.25) is 4.79 Å². The second kappa shape index (κ2) is 6.58. The second-order valence-electron chi connectivity index (χ2n) is 6.63.